The average molecular weight is 329 g/mol. The van der Waals surface area contributed by atoms with Gasteiger partial charge in [0.1, 0.15) is 6.54 Å². The molecule has 0 aliphatic heterocycles. The van der Waals surface area contributed by atoms with E-state index in [2.05, 4.69) is 21.2 Å². The van der Waals surface area contributed by atoms with E-state index in [1.807, 2.05) is 19.1 Å². The molecule has 0 saturated heterocycles. The number of rotatable bonds is 4. The van der Waals surface area contributed by atoms with Gasteiger partial charge in [0.25, 0.3) is 0 Å². The summed E-state index contributed by atoms with van der Waals surface area (Å²) in [4.78, 5) is 24.1. The Balaban J connectivity index is 2.87. The first-order valence-corrected chi connectivity index (χ1v) is 6.66. The molecule has 5 nitrogen and oxygen atoms in total. The number of aliphatic carboxylic acids is 1. The molecule has 0 aromatic heterocycles. The number of carbonyl (C=O) groups is 2. The number of carboxylic acid groups (broad SMARTS) is 1. The highest BCUT2D eigenvalue weighted by Gasteiger charge is 2.20. The van der Waals surface area contributed by atoms with Gasteiger partial charge in [-0.15, -0.1) is 0 Å². The molecule has 0 bridgehead atoms. The molecule has 1 aromatic carbocycles. The Labute approximate surface area is 120 Å². The zero-order chi connectivity index (χ0) is 14.6. The third kappa shape index (κ3) is 4.24. The van der Waals surface area contributed by atoms with Crippen molar-refractivity contribution in [2.75, 3.05) is 11.9 Å². The van der Waals surface area contributed by atoms with Crippen molar-refractivity contribution >= 4 is 33.6 Å². The minimum atomic E-state index is -1.03. The minimum absolute atomic E-state index is 0.191. The number of halogens is 1. The van der Waals surface area contributed by atoms with E-state index < -0.39 is 12.0 Å². The van der Waals surface area contributed by atoms with Crippen LogP contribution in [0.15, 0.2) is 22.7 Å². The van der Waals surface area contributed by atoms with Crippen molar-refractivity contribution in [1.82, 2.24) is 4.90 Å². The molecule has 0 radical (unpaired) electrons. The van der Waals surface area contributed by atoms with Crippen LogP contribution >= 0.6 is 15.9 Å². The number of hydrogen-bond acceptors (Lipinski definition) is 2. The van der Waals surface area contributed by atoms with Gasteiger partial charge in [-0.1, -0.05) is 22.0 Å². The minimum Gasteiger partial charge on any atom is -0.480 e. The fourth-order valence-electron chi connectivity index (χ4n) is 1.56. The predicted molar refractivity (Wildman–Crippen MR) is 77.4 cm³/mol. The summed E-state index contributed by atoms with van der Waals surface area (Å²) in [7, 11) is 0. The molecule has 104 valence electrons. The van der Waals surface area contributed by atoms with Crippen LogP contribution < -0.4 is 5.32 Å². The van der Waals surface area contributed by atoms with E-state index in [4.69, 9.17) is 5.11 Å². The lowest BCUT2D eigenvalue weighted by molar-refractivity contribution is -0.137. The number of carboxylic acids is 1. The van der Waals surface area contributed by atoms with E-state index in [1.165, 1.54) is 4.90 Å². The lowest BCUT2D eigenvalue weighted by atomic mass is 10.2. The van der Waals surface area contributed by atoms with E-state index in [-0.39, 0.29) is 12.6 Å². The molecule has 0 saturated carbocycles. The summed E-state index contributed by atoms with van der Waals surface area (Å²) in [5, 5.41) is 11.5. The van der Waals surface area contributed by atoms with Gasteiger partial charge in [-0.05, 0) is 38.5 Å². The number of hydrogen-bond donors (Lipinski definition) is 2. The standard InChI is InChI=1S/C13H17BrN2O3/c1-8(2)16(7-12(17)18)13(19)15-11-6-4-5-10(14)9(11)3/h4-6,8H,7H2,1-3H3,(H,15,19)(H,17,18). The van der Waals surface area contributed by atoms with E-state index in [1.54, 1.807) is 19.9 Å². The molecule has 0 heterocycles. The number of nitrogens with zero attached hydrogens (tertiary/aromatic N) is 1. The monoisotopic (exact) mass is 328 g/mol. The Bertz CT molecular complexity index is 489. The van der Waals surface area contributed by atoms with Crippen LogP contribution in [0.1, 0.15) is 19.4 Å². The molecule has 2 N–H and O–H groups in total. The molecule has 1 aromatic rings. The van der Waals surface area contributed by atoms with Crippen molar-refractivity contribution in [3.63, 3.8) is 0 Å². The second-order valence-corrected chi connectivity index (χ2v) is 5.31. The molecule has 0 aliphatic carbocycles. The number of amides is 2. The van der Waals surface area contributed by atoms with Crippen molar-refractivity contribution in [3.05, 3.63) is 28.2 Å². The highest BCUT2D eigenvalue weighted by molar-refractivity contribution is 9.10. The largest absolute Gasteiger partial charge is 0.480 e. The summed E-state index contributed by atoms with van der Waals surface area (Å²) in [6.07, 6.45) is 0. The number of urea groups is 1. The topological polar surface area (TPSA) is 69.6 Å². The highest BCUT2D eigenvalue weighted by atomic mass is 79.9. The molecular weight excluding hydrogens is 312 g/mol. The van der Waals surface area contributed by atoms with Crippen LogP contribution in [-0.4, -0.2) is 34.6 Å². The van der Waals surface area contributed by atoms with Crippen molar-refractivity contribution in [2.24, 2.45) is 0 Å². The number of nitrogens with one attached hydrogen (secondary N) is 1. The second-order valence-electron chi connectivity index (χ2n) is 4.46. The summed E-state index contributed by atoms with van der Waals surface area (Å²) in [5.74, 6) is -1.03. The molecule has 0 atom stereocenters. The van der Waals surface area contributed by atoms with E-state index >= 15 is 0 Å². The van der Waals surface area contributed by atoms with E-state index in [9.17, 15) is 9.59 Å². The Hall–Kier alpha value is -1.56. The van der Waals surface area contributed by atoms with Crippen molar-refractivity contribution in [2.45, 2.75) is 26.8 Å². The summed E-state index contributed by atoms with van der Waals surface area (Å²) >= 11 is 3.38. The third-order valence-electron chi connectivity index (χ3n) is 2.70. The average Bonchev–Trinajstić information content (AvgIpc) is 2.31. The first kappa shape index (κ1) is 15.5. The smallest absolute Gasteiger partial charge is 0.323 e. The van der Waals surface area contributed by atoms with Gasteiger partial charge in [-0.3, -0.25) is 4.79 Å². The molecule has 0 spiro atoms. The zero-order valence-electron chi connectivity index (χ0n) is 11.1. The van der Waals surface area contributed by atoms with E-state index in [0.717, 1.165) is 10.0 Å². The molecule has 0 aliphatic rings. The Morgan fingerprint density at radius 1 is 1.42 bits per heavy atom. The van der Waals surface area contributed by atoms with Gasteiger partial charge in [0.2, 0.25) is 0 Å². The fourth-order valence-corrected chi connectivity index (χ4v) is 1.93. The van der Waals surface area contributed by atoms with E-state index in [0.29, 0.717) is 5.69 Å². The Kier molecular flexibility index (Phi) is 5.35. The Morgan fingerprint density at radius 3 is 2.58 bits per heavy atom. The van der Waals surface area contributed by atoms with Crippen LogP contribution in [0.2, 0.25) is 0 Å². The van der Waals surface area contributed by atoms with Gasteiger partial charge in [0, 0.05) is 16.2 Å². The van der Waals surface area contributed by atoms with Gasteiger partial charge in [0.15, 0.2) is 0 Å². The van der Waals surface area contributed by atoms with Crippen LogP contribution in [0, 0.1) is 6.92 Å². The molecule has 6 heteroatoms. The number of benzene rings is 1. The maximum atomic E-state index is 12.1. The van der Waals surface area contributed by atoms with Gasteiger partial charge in [-0.2, -0.15) is 0 Å². The first-order chi connectivity index (χ1) is 8.82. The number of anilines is 1. The Morgan fingerprint density at radius 2 is 2.05 bits per heavy atom. The first-order valence-electron chi connectivity index (χ1n) is 5.87. The number of carbonyl (C=O) groups excluding carboxylic acids is 1. The maximum absolute atomic E-state index is 12.1. The van der Waals surface area contributed by atoms with Crippen LogP contribution in [0.3, 0.4) is 0 Å². The zero-order valence-corrected chi connectivity index (χ0v) is 12.7. The normalized spacial score (nSPS) is 10.4. The fraction of sp³-hybridized carbons (Fsp3) is 0.385. The second kappa shape index (κ2) is 6.56. The summed E-state index contributed by atoms with van der Waals surface area (Å²) in [6.45, 7) is 5.10. The van der Waals surface area contributed by atoms with Crippen LogP contribution in [0.4, 0.5) is 10.5 Å². The molecular formula is C13H17BrN2O3. The molecule has 2 amide bonds. The van der Waals surface area contributed by atoms with Crippen LogP contribution in [0.5, 0.6) is 0 Å². The third-order valence-corrected chi connectivity index (χ3v) is 3.56. The van der Waals surface area contributed by atoms with Gasteiger partial charge in [-0.25, -0.2) is 4.79 Å². The maximum Gasteiger partial charge on any atom is 0.323 e. The quantitative estimate of drug-likeness (QED) is 0.892. The molecule has 19 heavy (non-hydrogen) atoms. The lowest BCUT2D eigenvalue weighted by Gasteiger charge is -2.25. The highest BCUT2D eigenvalue weighted by Crippen LogP contribution is 2.23. The predicted octanol–water partition coefficient (Wildman–Crippen LogP) is 3.08. The summed E-state index contributed by atoms with van der Waals surface area (Å²) < 4.78 is 0.889. The summed E-state index contributed by atoms with van der Waals surface area (Å²) in [5.41, 5.74) is 1.56. The van der Waals surface area contributed by atoms with Crippen molar-refractivity contribution in [3.8, 4) is 0 Å². The van der Waals surface area contributed by atoms with Gasteiger partial charge < -0.3 is 15.3 Å². The molecule has 0 fully saturated rings. The molecule has 1 rings (SSSR count). The van der Waals surface area contributed by atoms with Crippen LogP contribution in [-0.2, 0) is 4.79 Å². The lowest BCUT2D eigenvalue weighted by Crippen LogP contribution is -2.43. The SMILES string of the molecule is Cc1c(Br)cccc1NC(=O)N(CC(=O)O)C(C)C. The molecule has 0 unspecified atom stereocenters. The summed E-state index contributed by atoms with van der Waals surface area (Å²) in [6, 6.07) is 4.85. The van der Waals surface area contributed by atoms with Gasteiger partial charge in [0.05, 0.1) is 0 Å². The van der Waals surface area contributed by atoms with Gasteiger partial charge >= 0.3 is 12.0 Å². The van der Waals surface area contributed by atoms with Crippen molar-refractivity contribution in [1.29, 1.82) is 0 Å². The van der Waals surface area contributed by atoms with Crippen LogP contribution in [0.25, 0.3) is 0 Å². The van der Waals surface area contributed by atoms with Crippen molar-refractivity contribution < 1.29 is 14.7 Å².